The van der Waals surface area contributed by atoms with E-state index in [1.165, 1.54) is 17.8 Å². The Bertz CT molecular complexity index is 784. The number of benzene rings is 1. The number of rotatable bonds is 4. The molecule has 0 aliphatic heterocycles. The SMILES string of the molecule is CSc1ccc(S(=O)(=O)NC(=O)c2ccc(C)cc2Br)s1. The van der Waals surface area contributed by atoms with Gasteiger partial charge in [0.15, 0.2) is 0 Å². The van der Waals surface area contributed by atoms with E-state index in [-0.39, 0.29) is 9.77 Å². The van der Waals surface area contributed by atoms with Crippen LogP contribution in [0.25, 0.3) is 0 Å². The van der Waals surface area contributed by atoms with Crippen LogP contribution in [0.1, 0.15) is 15.9 Å². The van der Waals surface area contributed by atoms with Crippen molar-refractivity contribution in [1.29, 1.82) is 0 Å². The van der Waals surface area contributed by atoms with Crippen LogP contribution in [0.15, 0.2) is 43.2 Å². The summed E-state index contributed by atoms with van der Waals surface area (Å²) in [5, 5.41) is 0. The average Bonchev–Trinajstić information content (AvgIpc) is 2.87. The van der Waals surface area contributed by atoms with Crippen molar-refractivity contribution in [3.05, 3.63) is 45.9 Å². The molecule has 8 heteroatoms. The van der Waals surface area contributed by atoms with Crippen LogP contribution in [0.3, 0.4) is 0 Å². The summed E-state index contributed by atoms with van der Waals surface area (Å²) in [7, 11) is -3.84. The zero-order valence-electron chi connectivity index (χ0n) is 11.2. The molecule has 1 aromatic heterocycles. The van der Waals surface area contributed by atoms with E-state index >= 15 is 0 Å². The predicted molar refractivity (Wildman–Crippen MR) is 89.6 cm³/mol. The molecule has 0 fully saturated rings. The van der Waals surface area contributed by atoms with Gasteiger partial charge in [0.2, 0.25) is 0 Å². The Labute approximate surface area is 140 Å². The number of hydrogen-bond acceptors (Lipinski definition) is 5. The van der Waals surface area contributed by atoms with Gasteiger partial charge >= 0.3 is 0 Å². The first-order valence-electron chi connectivity index (χ1n) is 5.80. The molecule has 4 nitrogen and oxygen atoms in total. The van der Waals surface area contributed by atoms with Crippen molar-refractivity contribution in [2.45, 2.75) is 15.3 Å². The zero-order chi connectivity index (χ0) is 15.6. The Kier molecular flexibility index (Phi) is 5.13. The largest absolute Gasteiger partial charge is 0.273 e. The van der Waals surface area contributed by atoms with E-state index in [2.05, 4.69) is 20.7 Å². The van der Waals surface area contributed by atoms with Crippen LogP contribution in [0.5, 0.6) is 0 Å². The smallest absolute Gasteiger partial charge is 0.268 e. The van der Waals surface area contributed by atoms with E-state index in [9.17, 15) is 13.2 Å². The van der Waals surface area contributed by atoms with E-state index in [1.54, 1.807) is 24.3 Å². The van der Waals surface area contributed by atoms with Gasteiger partial charge in [-0.1, -0.05) is 6.07 Å². The highest BCUT2D eigenvalue weighted by atomic mass is 79.9. The molecule has 1 amide bonds. The topological polar surface area (TPSA) is 63.2 Å². The Morgan fingerprint density at radius 2 is 2.00 bits per heavy atom. The normalized spacial score (nSPS) is 11.4. The molecule has 1 aromatic carbocycles. The molecule has 0 spiro atoms. The van der Waals surface area contributed by atoms with E-state index in [4.69, 9.17) is 0 Å². The number of sulfonamides is 1. The van der Waals surface area contributed by atoms with Crippen molar-refractivity contribution in [1.82, 2.24) is 4.72 Å². The number of thiophene rings is 1. The number of amides is 1. The fourth-order valence-corrected chi connectivity index (χ4v) is 5.23. The quantitative estimate of drug-likeness (QED) is 0.788. The Morgan fingerprint density at radius 3 is 2.57 bits per heavy atom. The van der Waals surface area contributed by atoms with Crippen LogP contribution in [0.4, 0.5) is 0 Å². The van der Waals surface area contributed by atoms with Crippen LogP contribution in [0, 0.1) is 6.92 Å². The summed E-state index contributed by atoms with van der Waals surface area (Å²) in [4.78, 5) is 12.1. The molecule has 21 heavy (non-hydrogen) atoms. The summed E-state index contributed by atoms with van der Waals surface area (Å²) in [6.07, 6.45) is 1.87. The van der Waals surface area contributed by atoms with Crippen molar-refractivity contribution >= 4 is 55.0 Å². The zero-order valence-corrected chi connectivity index (χ0v) is 15.2. The number of hydrogen-bond donors (Lipinski definition) is 1. The second-order valence-electron chi connectivity index (χ2n) is 4.20. The highest BCUT2D eigenvalue weighted by Crippen LogP contribution is 2.28. The van der Waals surface area contributed by atoms with Gasteiger partial charge in [0, 0.05) is 4.47 Å². The van der Waals surface area contributed by atoms with Gasteiger partial charge in [-0.3, -0.25) is 4.79 Å². The molecule has 1 heterocycles. The Morgan fingerprint density at radius 1 is 1.29 bits per heavy atom. The number of nitrogens with one attached hydrogen (secondary N) is 1. The molecule has 1 N–H and O–H groups in total. The molecule has 0 atom stereocenters. The van der Waals surface area contributed by atoms with E-state index in [0.29, 0.717) is 4.47 Å². The lowest BCUT2D eigenvalue weighted by atomic mass is 10.1. The van der Waals surface area contributed by atoms with Gasteiger partial charge in [-0.25, -0.2) is 13.1 Å². The van der Waals surface area contributed by atoms with Crippen molar-refractivity contribution in [2.75, 3.05) is 6.26 Å². The minimum Gasteiger partial charge on any atom is -0.268 e. The number of aryl methyl sites for hydroxylation is 1. The lowest BCUT2D eigenvalue weighted by Crippen LogP contribution is -2.30. The third-order valence-corrected chi connectivity index (χ3v) is 7.27. The molecule has 112 valence electrons. The number of halogens is 1. The first-order valence-corrected chi connectivity index (χ1v) is 10.1. The third kappa shape index (κ3) is 3.88. The monoisotopic (exact) mass is 405 g/mol. The summed E-state index contributed by atoms with van der Waals surface area (Å²) in [6.45, 7) is 1.89. The molecule has 0 saturated carbocycles. The minimum atomic E-state index is -3.84. The first kappa shape index (κ1) is 16.5. The molecule has 0 aliphatic carbocycles. The van der Waals surface area contributed by atoms with Gasteiger partial charge in [0.25, 0.3) is 15.9 Å². The molecule has 2 rings (SSSR count). The standard InChI is InChI=1S/C13H12BrNO3S3/c1-8-3-4-9(10(14)7-8)13(16)15-21(17,18)12-6-5-11(19-2)20-12/h3-7H,1-2H3,(H,15,16). The summed E-state index contributed by atoms with van der Waals surface area (Å²) in [5.74, 6) is -0.652. The second kappa shape index (κ2) is 6.51. The predicted octanol–water partition coefficient (Wildman–Crippen LogP) is 3.66. The van der Waals surface area contributed by atoms with Crippen molar-refractivity contribution < 1.29 is 13.2 Å². The highest BCUT2D eigenvalue weighted by molar-refractivity contribution is 9.10. The van der Waals surface area contributed by atoms with Gasteiger partial charge in [0.05, 0.1) is 9.77 Å². The summed E-state index contributed by atoms with van der Waals surface area (Å²) in [6, 6.07) is 8.32. The van der Waals surface area contributed by atoms with Crippen molar-refractivity contribution in [3.8, 4) is 0 Å². The molecular formula is C13H12BrNO3S3. The van der Waals surface area contributed by atoms with Crippen LogP contribution in [0.2, 0.25) is 0 Å². The number of carbonyl (C=O) groups is 1. The molecule has 2 aromatic rings. The Balaban J connectivity index is 2.25. The van der Waals surface area contributed by atoms with Crippen LogP contribution in [-0.2, 0) is 10.0 Å². The molecule has 0 bridgehead atoms. The average molecular weight is 406 g/mol. The molecule has 0 unspecified atom stereocenters. The summed E-state index contributed by atoms with van der Waals surface area (Å²) < 4.78 is 28.0. The molecule has 0 saturated heterocycles. The number of carbonyl (C=O) groups excluding carboxylic acids is 1. The van der Waals surface area contributed by atoms with E-state index < -0.39 is 15.9 Å². The minimum absolute atomic E-state index is 0.128. The molecule has 0 radical (unpaired) electrons. The van der Waals surface area contributed by atoms with Gasteiger partial charge < -0.3 is 0 Å². The molecular weight excluding hydrogens is 394 g/mol. The highest BCUT2D eigenvalue weighted by Gasteiger charge is 2.21. The van der Waals surface area contributed by atoms with Crippen LogP contribution in [-0.4, -0.2) is 20.6 Å². The van der Waals surface area contributed by atoms with Crippen LogP contribution >= 0.6 is 39.0 Å². The maximum absolute atomic E-state index is 12.2. The van der Waals surface area contributed by atoms with Gasteiger partial charge in [-0.2, -0.15) is 0 Å². The van der Waals surface area contributed by atoms with Crippen molar-refractivity contribution in [2.24, 2.45) is 0 Å². The van der Waals surface area contributed by atoms with Crippen molar-refractivity contribution in [3.63, 3.8) is 0 Å². The summed E-state index contributed by atoms with van der Waals surface area (Å²) in [5.41, 5.74) is 1.26. The number of thioether (sulfide) groups is 1. The third-order valence-electron chi connectivity index (χ3n) is 2.62. The fourth-order valence-electron chi connectivity index (χ4n) is 1.59. The second-order valence-corrected chi connectivity index (χ2v) is 9.15. The van der Waals surface area contributed by atoms with Crippen LogP contribution < -0.4 is 4.72 Å². The first-order chi connectivity index (χ1) is 9.83. The fraction of sp³-hybridized carbons (Fsp3) is 0.154. The van der Waals surface area contributed by atoms with E-state index in [0.717, 1.165) is 21.1 Å². The van der Waals surface area contributed by atoms with E-state index in [1.807, 2.05) is 13.2 Å². The lowest BCUT2D eigenvalue weighted by molar-refractivity contribution is 0.0980. The maximum Gasteiger partial charge on any atom is 0.273 e. The van der Waals surface area contributed by atoms with Gasteiger partial charge in [-0.05, 0) is 58.9 Å². The van der Waals surface area contributed by atoms with Gasteiger partial charge in [0.1, 0.15) is 4.21 Å². The van der Waals surface area contributed by atoms with Gasteiger partial charge in [-0.15, -0.1) is 23.1 Å². The lowest BCUT2D eigenvalue weighted by Gasteiger charge is -2.07. The Hall–Kier alpha value is -0.830. The molecule has 0 aliphatic rings. The maximum atomic E-state index is 12.2. The summed E-state index contributed by atoms with van der Waals surface area (Å²) >= 11 is 5.86.